The lowest BCUT2D eigenvalue weighted by atomic mass is 9.81. The van der Waals surface area contributed by atoms with Crippen LogP contribution in [-0.2, 0) is 0 Å². The number of hydrogen-bond donors (Lipinski definition) is 4. The van der Waals surface area contributed by atoms with Crippen LogP contribution >= 0.6 is 0 Å². The number of nitrogens with zero attached hydrogens (tertiary/aromatic N) is 2. The summed E-state index contributed by atoms with van der Waals surface area (Å²) in [5.41, 5.74) is 16.5. The predicted molar refractivity (Wildman–Crippen MR) is 156 cm³/mol. The van der Waals surface area contributed by atoms with Gasteiger partial charge in [-0.05, 0) is 117 Å². The molecule has 5 rings (SSSR count). The molecule has 2 saturated heterocycles. The predicted octanol–water partition coefficient (Wildman–Crippen LogP) is 5.40. The molecule has 6 heteroatoms. The molecule has 0 spiro atoms. The van der Waals surface area contributed by atoms with Gasteiger partial charge in [0.15, 0.2) is 0 Å². The van der Waals surface area contributed by atoms with E-state index in [0.717, 1.165) is 47.8 Å². The molecule has 2 aliphatic rings. The molecule has 0 saturated carbocycles. The maximum atomic E-state index is 10.7. The van der Waals surface area contributed by atoms with Gasteiger partial charge >= 0.3 is 0 Å². The van der Waals surface area contributed by atoms with Gasteiger partial charge in [0.1, 0.15) is 0 Å². The van der Waals surface area contributed by atoms with E-state index < -0.39 is 0 Å². The Hall–Kier alpha value is -2.64. The Kier molecular flexibility index (Phi) is 7.59. The number of fused-ring (bicyclic) bond motifs is 2. The highest BCUT2D eigenvalue weighted by Gasteiger charge is 2.36. The summed E-state index contributed by atoms with van der Waals surface area (Å²) in [4.78, 5) is 0. The normalized spacial score (nSPS) is 26.3. The minimum Gasteiger partial charge on any atom is -0.399 e. The number of piperidine rings is 2. The monoisotopic (exact) mass is 504 g/mol. The molecular formula is C31H44N4O2. The standard InChI is InChI=1S/C29H38N4O2.C2H6/c1-16-10-19(11-17(2)32(16)34)27-23-8-6-22(31)14-26(23)28(24-9-7-21(30)13-25(24)27)20-12-18(3)33(35)29(4,5)15-20;1-2/h6-9,13-14,16-18,34-35H,10-12,15,30-31H2,1-5H3;1-2H3/b27-19?,28-20+;. The summed E-state index contributed by atoms with van der Waals surface area (Å²) in [6.45, 7) is 14.4. The Balaban J connectivity index is 0.00000156. The Morgan fingerprint density at radius 3 is 1.59 bits per heavy atom. The van der Waals surface area contributed by atoms with Crippen molar-refractivity contribution in [2.45, 2.75) is 97.8 Å². The molecule has 6 N–H and O–H groups in total. The number of benzene rings is 3. The van der Waals surface area contributed by atoms with E-state index in [1.165, 1.54) is 42.5 Å². The van der Waals surface area contributed by atoms with Crippen LogP contribution in [0.2, 0.25) is 0 Å². The Morgan fingerprint density at radius 2 is 1.14 bits per heavy atom. The van der Waals surface area contributed by atoms with Crippen molar-refractivity contribution in [3.8, 4) is 0 Å². The van der Waals surface area contributed by atoms with Crippen molar-refractivity contribution >= 4 is 44.1 Å². The summed E-state index contributed by atoms with van der Waals surface area (Å²) in [7, 11) is 0. The van der Waals surface area contributed by atoms with Gasteiger partial charge < -0.3 is 21.9 Å². The third kappa shape index (κ3) is 4.84. The number of anilines is 2. The van der Waals surface area contributed by atoms with Gasteiger partial charge in [-0.1, -0.05) is 37.1 Å². The molecule has 3 aromatic rings. The van der Waals surface area contributed by atoms with E-state index in [-0.39, 0.29) is 23.7 Å². The van der Waals surface area contributed by atoms with Crippen molar-refractivity contribution in [2.24, 2.45) is 0 Å². The quantitative estimate of drug-likeness (QED) is 0.242. The van der Waals surface area contributed by atoms with E-state index >= 15 is 0 Å². The van der Waals surface area contributed by atoms with Crippen LogP contribution in [-0.4, -0.2) is 44.2 Å². The first-order valence-electron chi connectivity index (χ1n) is 13.7. The van der Waals surface area contributed by atoms with Gasteiger partial charge in [0.2, 0.25) is 0 Å². The first kappa shape index (κ1) is 27.4. The zero-order valence-electron chi connectivity index (χ0n) is 23.5. The second-order valence-electron chi connectivity index (χ2n) is 11.4. The lowest BCUT2D eigenvalue weighted by Crippen LogP contribution is -2.51. The Labute approximate surface area is 220 Å². The molecule has 2 fully saturated rings. The van der Waals surface area contributed by atoms with Gasteiger partial charge in [-0.2, -0.15) is 10.1 Å². The van der Waals surface area contributed by atoms with E-state index in [1.807, 2.05) is 26.0 Å². The molecule has 2 heterocycles. The molecule has 3 atom stereocenters. The fraction of sp³-hybridized carbons (Fsp3) is 0.484. The molecule has 0 bridgehead atoms. The van der Waals surface area contributed by atoms with E-state index in [2.05, 4.69) is 58.9 Å². The third-order valence-corrected chi connectivity index (χ3v) is 8.08. The van der Waals surface area contributed by atoms with E-state index in [9.17, 15) is 10.4 Å². The molecule has 2 aliphatic heterocycles. The van der Waals surface area contributed by atoms with E-state index in [4.69, 9.17) is 11.5 Å². The topological polar surface area (TPSA) is 99.0 Å². The molecule has 37 heavy (non-hydrogen) atoms. The van der Waals surface area contributed by atoms with Crippen LogP contribution in [0.25, 0.3) is 32.7 Å². The fourth-order valence-corrected chi connectivity index (χ4v) is 6.55. The van der Waals surface area contributed by atoms with Crippen LogP contribution in [0.5, 0.6) is 0 Å². The molecule has 6 nitrogen and oxygen atoms in total. The van der Waals surface area contributed by atoms with Crippen molar-refractivity contribution in [2.75, 3.05) is 11.5 Å². The summed E-state index contributed by atoms with van der Waals surface area (Å²) in [5.74, 6) is 0. The summed E-state index contributed by atoms with van der Waals surface area (Å²) in [6, 6.07) is 12.6. The summed E-state index contributed by atoms with van der Waals surface area (Å²) in [5, 5.41) is 31.3. The molecule has 0 amide bonds. The fourth-order valence-electron chi connectivity index (χ4n) is 6.55. The molecule has 200 valence electrons. The summed E-state index contributed by atoms with van der Waals surface area (Å²) in [6.07, 6.45) is 3.14. The highest BCUT2D eigenvalue weighted by atomic mass is 16.5. The lowest BCUT2D eigenvalue weighted by molar-refractivity contribution is -0.193. The highest BCUT2D eigenvalue weighted by Crippen LogP contribution is 2.35. The lowest BCUT2D eigenvalue weighted by Gasteiger charge is -2.43. The van der Waals surface area contributed by atoms with Crippen LogP contribution in [0.15, 0.2) is 36.4 Å². The van der Waals surface area contributed by atoms with Gasteiger partial charge in [0, 0.05) is 35.0 Å². The maximum Gasteiger partial charge on any atom is 0.0444 e. The van der Waals surface area contributed by atoms with E-state index in [0.29, 0.717) is 0 Å². The minimum atomic E-state index is -0.369. The van der Waals surface area contributed by atoms with Gasteiger partial charge in [0.05, 0.1) is 0 Å². The van der Waals surface area contributed by atoms with Gasteiger partial charge in [0.25, 0.3) is 0 Å². The van der Waals surface area contributed by atoms with Crippen molar-refractivity contribution < 1.29 is 10.4 Å². The average molecular weight is 505 g/mol. The van der Waals surface area contributed by atoms with Crippen LogP contribution in [0.1, 0.15) is 74.1 Å². The molecule has 3 aromatic carbocycles. The number of nitrogen functional groups attached to an aromatic ring is 2. The molecule has 0 aliphatic carbocycles. The minimum absolute atomic E-state index is 0.0123. The van der Waals surface area contributed by atoms with Crippen molar-refractivity contribution in [1.82, 2.24) is 10.1 Å². The number of hydrogen-bond acceptors (Lipinski definition) is 6. The van der Waals surface area contributed by atoms with Crippen molar-refractivity contribution in [3.63, 3.8) is 0 Å². The zero-order chi connectivity index (χ0) is 27.2. The molecular weight excluding hydrogens is 460 g/mol. The third-order valence-electron chi connectivity index (χ3n) is 8.08. The zero-order valence-corrected chi connectivity index (χ0v) is 23.5. The average Bonchev–Trinajstić information content (AvgIpc) is 2.85. The number of rotatable bonds is 0. The second kappa shape index (κ2) is 10.3. The van der Waals surface area contributed by atoms with Crippen LogP contribution < -0.4 is 21.9 Å². The summed E-state index contributed by atoms with van der Waals surface area (Å²) >= 11 is 0. The first-order chi connectivity index (χ1) is 17.5. The van der Waals surface area contributed by atoms with Gasteiger partial charge in [-0.3, -0.25) is 0 Å². The molecule has 0 radical (unpaired) electrons. The smallest absolute Gasteiger partial charge is 0.0444 e. The van der Waals surface area contributed by atoms with Crippen molar-refractivity contribution in [1.29, 1.82) is 0 Å². The number of nitrogens with two attached hydrogens (primary N) is 2. The highest BCUT2D eigenvalue weighted by molar-refractivity contribution is 6.04. The van der Waals surface area contributed by atoms with Crippen LogP contribution in [0.3, 0.4) is 0 Å². The second-order valence-corrected chi connectivity index (χ2v) is 11.4. The first-order valence-corrected chi connectivity index (χ1v) is 13.7. The van der Waals surface area contributed by atoms with Crippen molar-refractivity contribution in [3.05, 3.63) is 46.8 Å². The Morgan fingerprint density at radius 1 is 0.703 bits per heavy atom. The number of hydroxylamine groups is 4. The van der Waals surface area contributed by atoms with Crippen LogP contribution in [0.4, 0.5) is 11.4 Å². The van der Waals surface area contributed by atoms with Gasteiger partial charge in [-0.25, -0.2) is 0 Å². The molecule has 3 unspecified atom stereocenters. The Bertz CT molecular complexity index is 1430. The SMILES string of the molecule is CC.CC1CC(=c2c3cc(N)ccc3/c(=C3/CC(C)N(O)C(C)(C)C3)c3cc(N)ccc23)CC(C)N1O. The summed E-state index contributed by atoms with van der Waals surface area (Å²) < 4.78 is 0. The van der Waals surface area contributed by atoms with Gasteiger partial charge in [-0.15, -0.1) is 0 Å². The van der Waals surface area contributed by atoms with E-state index in [1.54, 1.807) is 0 Å². The molecule has 0 aromatic heterocycles. The maximum absolute atomic E-state index is 10.7. The largest absolute Gasteiger partial charge is 0.399 e. The van der Waals surface area contributed by atoms with Crippen LogP contribution in [0, 0.1) is 0 Å².